The molecule has 2 amide bonds. The van der Waals surface area contributed by atoms with Crippen molar-refractivity contribution in [1.29, 1.82) is 0 Å². The van der Waals surface area contributed by atoms with Crippen LogP contribution in [-0.2, 0) is 15.8 Å². The van der Waals surface area contributed by atoms with E-state index < -0.39 is 30.1 Å². The number of alkyl halides is 3. The zero-order chi connectivity index (χ0) is 20.2. The SMILES string of the molecule is CC(=O)N(CC(=O)NC(C)c1ccccc1)c1cc(C(F)(F)F)ccc1Cl. The Balaban J connectivity index is 2.21. The number of anilines is 1. The van der Waals surface area contributed by atoms with Crippen molar-refractivity contribution in [1.82, 2.24) is 5.32 Å². The van der Waals surface area contributed by atoms with Crippen LogP contribution in [0.15, 0.2) is 48.5 Å². The van der Waals surface area contributed by atoms with Gasteiger partial charge in [-0.2, -0.15) is 13.2 Å². The fourth-order valence-electron chi connectivity index (χ4n) is 2.52. The number of amides is 2. The highest BCUT2D eigenvalue weighted by atomic mass is 35.5. The summed E-state index contributed by atoms with van der Waals surface area (Å²) in [6, 6.07) is 11.5. The zero-order valence-corrected chi connectivity index (χ0v) is 15.4. The number of carbonyl (C=O) groups is 2. The number of hydrogen-bond donors (Lipinski definition) is 1. The van der Waals surface area contributed by atoms with Gasteiger partial charge in [0.25, 0.3) is 0 Å². The molecule has 8 heteroatoms. The zero-order valence-electron chi connectivity index (χ0n) is 14.7. The molecule has 0 heterocycles. The second-order valence-electron chi connectivity index (χ2n) is 5.97. The third-order valence-electron chi connectivity index (χ3n) is 3.92. The minimum absolute atomic E-state index is 0.0536. The molecule has 2 rings (SSSR count). The molecule has 0 fully saturated rings. The summed E-state index contributed by atoms with van der Waals surface area (Å²) in [6.45, 7) is 2.47. The molecule has 144 valence electrons. The van der Waals surface area contributed by atoms with E-state index in [1.807, 2.05) is 30.3 Å². The average molecular weight is 399 g/mol. The summed E-state index contributed by atoms with van der Waals surface area (Å²) in [6.07, 6.45) is -4.59. The first-order chi connectivity index (χ1) is 12.6. The van der Waals surface area contributed by atoms with Gasteiger partial charge < -0.3 is 10.2 Å². The van der Waals surface area contributed by atoms with Gasteiger partial charge >= 0.3 is 6.18 Å². The summed E-state index contributed by atoms with van der Waals surface area (Å²) in [5.74, 6) is -1.12. The van der Waals surface area contributed by atoms with Crippen molar-refractivity contribution < 1.29 is 22.8 Å². The number of nitrogens with zero attached hydrogens (tertiary/aromatic N) is 1. The lowest BCUT2D eigenvalue weighted by molar-refractivity contribution is -0.137. The van der Waals surface area contributed by atoms with E-state index in [1.165, 1.54) is 0 Å². The maximum absolute atomic E-state index is 13.0. The first-order valence-corrected chi connectivity index (χ1v) is 8.46. The third kappa shape index (κ3) is 5.47. The summed E-state index contributed by atoms with van der Waals surface area (Å²) < 4.78 is 38.9. The van der Waals surface area contributed by atoms with E-state index >= 15 is 0 Å². The third-order valence-corrected chi connectivity index (χ3v) is 4.24. The predicted octanol–water partition coefficient (Wildman–Crippen LogP) is 4.59. The molecule has 0 aliphatic rings. The van der Waals surface area contributed by atoms with Crippen molar-refractivity contribution in [3.8, 4) is 0 Å². The number of benzene rings is 2. The van der Waals surface area contributed by atoms with Gasteiger partial charge in [0.15, 0.2) is 0 Å². The molecule has 0 aliphatic heterocycles. The monoisotopic (exact) mass is 398 g/mol. The molecule has 0 aliphatic carbocycles. The summed E-state index contributed by atoms with van der Waals surface area (Å²) in [5.41, 5.74) is -0.259. The van der Waals surface area contributed by atoms with E-state index in [4.69, 9.17) is 11.6 Å². The normalized spacial score (nSPS) is 12.4. The minimum Gasteiger partial charge on any atom is -0.348 e. The van der Waals surface area contributed by atoms with Crippen molar-refractivity contribution in [3.05, 3.63) is 64.7 Å². The summed E-state index contributed by atoms with van der Waals surface area (Å²) in [5, 5.41) is 2.66. The number of halogens is 4. The van der Waals surface area contributed by atoms with E-state index in [0.717, 1.165) is 35.6 Å². The van der Waals surface area contributed by atoms with Crippen LogP contribution in [0.4, 0.5) is 18.9 Å². The molecule has 27 heavy (non-hydrogen) atoms. The van der Waals surface area contributed by atoms with Crippen LogP contribution in [0.2, 0.25) is 5.02 Å². The Kier molecular flexibility index (Phi) is 6.49. The fourth-order valence-corrected chi connectivity index (χ4v) is 2.74. The Morgan fingerprint density at radius 3 is 2.33 bits per heavy atom. The molecule has 0 aromatic heterocycles. The van der Waals surface area contributed by atoms with E-state index in [-0.39, 0.29) is 16.8 Å². The van der Waals surface area contributed by atoms with Crippen LogP contribution in [0.1, 0.15) is 31.0 Å². The number of carbonyl (C=O) groups excluding carboxylic acids is 2. The number of hydrogen-bond acceptors (Lipinski definition) is 2. The van der Waals surface area contributed by atoms with Crippen LogP contribution in [-0.4, -0.2) is 18.4 Å². The van der Waals surface area contributed by atoms with Crippen molar-refractivity contribution in [2.75, 3.05) is 11.4 Å². The second kappa shape index (κ2) is 8.43. The topological polar surface area (TPSA) is 49.4 Å². The maximum atomic E-state index is 13.0. The molecule has 0 radical (unpaired) electrons. The van der Waals surface area contributed by atoms with Gasteiger partial charge in [0, 0.05) is 6.92 Å². The molecule has 1 atom stereocenters. The maximum Gasteiger partial charge on any atom is 0.416 e. The Morgan fingerprint density at radius 2 is 1.78 bits per heavy atom. The van der Waals surface area contributed by atoms with E-state index in [1.54, 1.807) is 6.92 Å². The molecule has 4 nitrogen and oxygen atoms in total. The Labute approximate surface area is 159 Å². The summed E-state index contributed by atoms with van der Waals surface area (Å²) in [4.78, 5) is 25.2. The van der Waals surface area contributed by atoms with Gasteiger partial charge in [-0.05, 0) is 30.7 Å². The lowest BCUT2D eigenvalue weighted by Crippen LogP contribution is -2.40. The average Bonchev–Trinajstić information content (AvgIpc) is 2.60. The van der Waals surface area contributed by atoms with Gasteiger partial charge in [0.1, 0.15) is 6.54 Å². The summed E-state index contributed by atoms with van der Waals surface area (Å²) >= 11 is 5.98. The summed E-state index contributed by atoms with van der Waals surface area (Å²) in [7, 11) is 0. The van der Waals surface area contributed by atoms with Gasteiger partial charge in [-0.25, -0.2) is 0 Å². The molecule has 0 spiro atoms. The first kappa shape index (κ1) is 20.8. The van der Waals surface area contributed by atoms with Crippen LogP contribution in [0.3, 0.4) is 0 Å². The molecule has 0 bridgehead atoms. The quantitative estimate of drug-likeness (QED) is 0.800. The van der Waals surface area contributed by atoms with Gasteiger partial charge in [-0.1, -0.05) is 41.9 Å². The highest BCUT2D eigenvalue weighted by Crippen LogP contribution is 2.35. The van der Waals surface area contributed by atoms with Crippen LogP contribution in [0.5, 0.6) is 0 Å². The first-order valence-electron chi connectivity index (χ1n) is 8.08. The Hall–Kier alpha value is -2.54. The Bertz CT molecular complexity index is 825. The van der Waals surface area contributed by atoms with Crippen molar-refractivity contribution in [3.63, 3.8) is 0 Å². The van der Waals surface area contributed by atoms with Crippen LogP contribution in [0.25, 0.3) is 0 Å². The van der Waals surface area contributed by atoms with E-state index in [2.05, 4.69) is 5.32 Å². The number of rotatable bonds is 5. The van der Waals surface area contributed by atoms with Crippen molar-refractivity contribution in [2.24, 2.45) is 0 Å². The van der Waals surface area contributed by atoms with Gasteiger partial charge in [-0.3, -0.25) is 9.59 Å². The number of nitrogens with one attached hydrogen (secondary N) is 1. The highest BCUT2D eigenvalue weighted by Gasteiger charge is 2.32. The molecule has 2 aromatic carbocycles. The standard InChI is InChI=1S/C19H18ClF3N2O2/c1-12(14-6-4-3-5-7-14)24-18(27)11-25(13(2)26)17-10-15(19(21,22)23)8-9-16(17)20/h3-10,12H,11H2,1-2H3,(H,24,27). The minimum atomic E-state index is -4.59. The molecule has 1 N–H and O–H groups in total. The largest absolute Gasteiger partial charge is 0.416 e. The predicted molar refractivity (Wildman–Crippen MR) is 97.5 cm³/mol. The van der Waals surface area contributed by atoms with Crippen molar-refractivity contribution in [2.45, 2.75) is 26.1 Å². The Morgan fingerprint density at radius 1 is 1.15 bits per heavy atom. The smallest absolute Gasteiger partial charge is 0.348 e. The van der Waals surface area contributed by atoms with Crippen LogP contribution >= 0.6 is 11.6 Å². The van der Waals surface area contributed by atoms with Crippen LogP contribution < -0.4 is 10.2 Å². The van der Waals surface area contributed by atoms with E-state index in [9.17, 15) is 22.8 Å². The van der Waals surface area contributed by atoms with Gasteiger partial charge in [0.2, 0.25) is 11.8 Å². The van der Waals surface area contributed by atoms with Gasteiger partial charge in [0.05, 0.1) is 22.3 Å². The van der Waals surface area contributed by atoms with Crippen molar-refractivity contribution >= 4 is 29.1 Å². The van der Waals surface area contributed by atoms with Gasteiger partial charge in [-0.15, -0.1) is 0 Å². The molecule has 0 saturated heterocycles. The highest BCUT2D eigenvalue weighted by molar-refractivity contribution is 6.34. The molecular weight excluding hydrogens is 381 g/mol. The van der Waals surface area contributed by atoms with Crippen LogP contribution in [0, 0.1) is 0 Å². The second-order valence-corrected chi connectivity index (χ2v) is 6.38. The lowest BCUT2D eigenvalue weighted by Gasteiger charge is -2.24. The molecule has 1 unspecified atom stereocenters. The lowest BCUT2D eigenvalue weighted by atomic mass is 10.1. The molecule has 0 saturated carbocycles. The molecule has 2 aromatic rings. The fraction of sp³-hybridized carbons (Fsp3) is 0.263. The van der Waals surface area contributed by atoms with E-state index in [0.29, 0.717) is 0 Å². The molecular formula is C19H18ClF3N2O2.